The highest BCUT2D eigenvalue weighted by molar-refractivity contribution is 5.82. The summed E-state index contributed by atoms with van der Waals surface area (Å²) < 4.78 is 0. The minimum absolute atomic E-state index is 0.0865. The van der Waals surface area contributed by atoms with Crippen molar-refractivity contribution in [2.45, 2.75) is 6.04 Å². The van der Waals surface area contributed by atoms with Crippen molar-refractivity contribution in [2.24, 2.45) is 0 Å². The Bertz CT molecular complexity index is 289. The number of hydrogen-bond acceptors (Lipinski definition) is 4. The van der Waals surface area contributed by atoms with Gasteiger partial charge in [0.25, 0.3) is 0 Å². The molecule has 1 unspecified atom stereocenters. The number of likely N-dealkylation sites (N-methyl/N-ethyl adjacent to an activating group) is 1. The first-order valence-corrected chi connectivity index (χ1v) is 6.11. The molecule has 1 N–H and O–H groups in total. The van der Waals surface area contributed by atoms with Crippen molar-refractivity contribution in [3.63, 3.8) is 0 Å². The second kappa shape index (κ2) is 5.46. The van der Waals surface area contributed by atoms with Crippen LogP contribution in [0.25, 0.3) is 0 Å². The van der Waals surface area contributed by atoms with Crippen LogP contribution in [0.15, 0.2) is 0 Å². The summed E-state index contributed by atoms with van der Waals surface area (Å²) in [5, 5.41) is 3.26. The molecular weight excluding hydrogens is 220 g/mol. The first-order valence-electron chi connectivity index (χ1n) is 6.11. The van der Waals surface area contributed by atoms with Crippen LogP contribution in [0.4, 0.5) is 0 Å². The molecule has 0 aliphatic carbocycles. The van der Waals surface area contributed by atoms with E-state index < -0.39 is 0 Å². The molecule has 1 atom stereocenters. The lowest BCUT2D eigenvalue weighted by molar-refractivity contribution is -0.138. The molecule has 6 nitrogen and oxygen atoms in total. The molecule has 2 aliphatic heterocycles. The van der Waals surface area contributed by atoms with Crippen molar-refractivity contribution in [1.29, 1.82) is 0 Å². The van der Waals surface area contributed by atoms with E-state index in [9.17, 15) is 9.59 Å². The minimum atomic E-state index is -0.0865. The van der Waals surface area contributed by atoms with E-state index in [-0.39, 0.29) is 11.9 Å². The van der Waals surface area contributed by atoms with Crippen molar-refractivity contribution < 1.29 is 9.59 Å². The quantitative estimate of drug-likeness (QED) is 0.578. The van der Waals surface area contributed by atoms with E-state index in [2.05, 4.69) is 10.2 Å². The Hall–Kier alpha value is -1.14. The van der Waals surface area contributed by atoms with E-state index in [0.717, 1.165) is 26.0 Å². The molecule has 6 heteroatoms. The average molecular weight is 240 g/mol. The third-order valence-electron chi connectivity index (χ3n) is 3.45. The molecule has 96 valence electrons. The number of piperazine rings is 2. The first kappa shape index (κ1) is 12.3. The van der Waals surface area contributed by atoms with Crippen LogP contribution in [-0.4, -0.2) is 85.9 Å². The molecule has 2 saturated heterocycles. The van der Waals surface area contributed by atoms with E-state index in [1.165, 1.54) is 0 Å². The highest BCUT2D eigenvalue weighted by Crippen LogP contribution is 2.05. The molecule has 2 rings (SSSR count). The Morgan fingerprint density at radius 3 is 2.53 bits per heavy atom. The zero-order valence-corrected chi connectivity index (χ0v) is 10.3. The fourth-order valence-electron chi connectivity index (χ4n) is 2.33. The topological polar surface area (TPSA) is 55.9 Å². The Morgan fingerprint density at radius 2 is 1.94 bits per heavy atom. The van der Waals surface area contributed by atoms with Crippen LogP contribution in [0.2, 0.25) is 0 Å². The maximum Gasteiger partial charge on any atom is 0.241 e. The van der Waals surface area contributed by atoms with Crippen molar-refractivity contribution in [1.82, 2.24) is 20.0 Å². The number of nitrogens with one attached hydrogen (secondary N) is 1. The predicted octanol–water partition coefficient (Wildman–Crippen LogP) is -1.81. The first-order chi connectivity index (χ1) is 8.20. The van der Waals surface area contributed by atoms with Gasteiger partial charge in [-0.3, -0.25) is 9.59 Å². The van der Waals surface area contributed by atoms with Crippen molar-refractivity contribution in [3.8, 4) is 0 Å². The monoisotopic (exact) mass is 240 g/mol. The van der Waals surface area contributed by atoms with Crippen molar-refractivity contribution >= 4 is 12.3 Å². The maximum absolute atomic E-state index is 12.2. The van der Waals surface area contributed by atoms with E-state index in [1.807, 2.05) is 11.9 Å². The van der Waals surface area contributed by atoms with Gasteiger partial charge in [0.15, 0.2) is 0 Å². The molecule has 0 aromatic rings. The normalized spacial score (nSPS) is 27.0. The number of nitrogens with zero attached hydrogens (tertiary/aromatic N) is 3. The molecular formula is C11H20N4O2. The molecule has 2 aliphatic rings. The fourth-order valence-corrected chi connectivity index (χ4v) is 2.33. The number of rotatable bonds is 2. The van der Waals surface area contributed by atoms with Crippen LogP contribution in [0.1, 0.15) is 0 Å². The lowest BCUT2D eigenvalue weighted by Gasteiger charge is -2.37. The molecule has 0 radical (unpaired) electrons. The summed E-state index contributed by atoms with van der Waals surface area (Å²) in [6.07, 6.45) is 0.856. The maximum atomic E-state index is 12.2. The van der Waals surface area contributed by atoms with Crippen LogP contribution in [0, 0.1) is 0 Å². The lowest BCUT2D eigenvalue weighted by atomic mass is 10.1. The summed E-state index contributed by atoms with van der Waals surface area (Å²) in [6, 6.07) is -0.0865. The second-order valence-electron chi connectivity index (χ2n) is 4.74. The third kappa shape index (κ3) is 2.95. The largest absolute Gasteiger partial charge is 0.342 e. The molecule has 2 amide bonds. The molecule has 2 heterocycles. The average Bonchev–Trinajstić information content (AvgIpc) is 2.38. The standard InChI is InChI=1S/C11H20N4O2/c1-13-3-2-12-10(8-13)11(17)15-6-4-14(9-16)5-7-15/h9-10,12H,2-8H2,1H3. The van der Waals surface area contributed by atoms with Crippen LogP contribution in [0.5, 0.6) is 0 Å². The van der Waals surface area contributed by atoms with Gasteiger partial charge in [0.05, 0.1) is 6.04 Å². The summed E-state index contributed by atoms with van der Waals surface area (Å²) in [6.45, 7) is 5.23. The fraction of sp³-hybridized carbons (Fsp3) is 0.818. The summed E-state index contributed by atoms with van der Waals surface area (Å²) in [5.41, 5.74) is 0. The van der Waals surface area contributed by atoms with Crippen molar-refractivity contribution in [2.75, 3.05) is 52.9 Å². The van der Waals surface area contributed by atoms with E-state index in [0.29, 0.717) is 26.2 Å². The van der Waals surface area contributed by atoms with Gasteiger partial charge >= 0.3 is 0 Å². The highest BCUT2D eigenvalue weighted by Gasteiger charge is 2.29. The molecule has 2 fully saturated rings. The zero-order chi connectivity index (χ0) is 12.3. The molecule has 0 aromatic carbocycles. The summed E-state index contributed by atoms with van der Waals surface area (Å²) in [4.78, 5) is 28.5. The lowest BCUT2D eigenvalue weighted by Crippen LogP contribution is -2.59. The summed E-state index contributed by atoms with van der Waals surface area (Å²) in [7, 11) is 2.03. The van der Waals surface area contributed by atoms with Crippen molar-refractivity contribution in [3.05, 3.63) is 0 Å². The molecule has 0 spiro atoms. The third-order valence-corrected chi connectivity index (χ3v) is 3.45. The van der Waals surface area contributed by atoms with E-state index >= 15 is 0 Å². The number of carbonyl (C=O) groups excluding carboxylic acids is 2. The smallest absolute Gasteiger partial charge is 0.241 e. The van der Waals surface area contributed by atoms with Gasteiger partial charge in [0.1, 0.15) is 0 Å². The molecule has 0 aromatic heterocycles. The van der Waals surface area contributed by atoms with Gasteiger partial charge in [0.2, 0.25) is 12.3 Å². The minimum Gasteiger partial charge on any atom is -0.342 e. The van der Waals surface area contributed by atoms with Gasteiger partial charge < -0.3 is 20.0 Å². The Labute approximate surface area is 102 Å². The van der Waals surface area contributed by atoms with Gasteiger partial charge in [0, 0.05) is 45.8 Å². The van der Waals surface area contributed by atoms with Gasteiger partial charge in [-0.2, -0.15) is 0 Å². The van der Waals surface area contributed by atoms with Gasteiger partial charge in [-0.15, -0.1) is 0 Å². The Morgan fingerprint density at radius 1 is 1.24 bits per heavy atom. The zero-order valence-electron chi connectivity index (χ0n) is 10.3. The van der Waals surface area contributed by atoms with Crippen LogP contribution in [-0.2, 0) is 9.59 Å². The number of carbonyl (C=O) groups is 2. The van der Waals surface area contributed by atoms with Gasteiger partial charge in [-0.25, -0.2) is 0 Å². The van der Waals surface area contributed by atoms with E-state index in [4.69, 9.17) is 0 Å². The molecule has 0 bridgehead atoms. The summed E-state index contributed by atoms with van der Waals surface area (Å²) in [5.74, 6) is 0.169. The van der Waals surface area contributed by atoms with E-state index in [1.54, 1.807) is 4.90 Å². The Balaban J connectivity index is 1.85. The highest BCUT2D eigenvalue weighted by atomic mass is 16.2. The molecule has 0 saturated carbocycles. The predicted molar refractivity (Wildman–Crippen MR) is 63.5 cm³/mol. The van der Waals surface area contributed by atoms with Crippen LogP contribution >= 0.6 is 0 Å². The molecule has 17 heavy (non-hydrogen) atoms. The van der Waals surface area contributed by atoms with Crippen LogP contribution < -0.4 is 5.32 Å². The van der Waals surface area contributed by atoms with Gasteiger partial charge in [-0.05, 0) is 7.05 Å². The Kier molecular flexibility index (Phi) is 3.96. The van der Waals surface area contributed by atoms with Gasteiger partial charge in [-0.1, -0.05) is 0 Å². The summed E-state index contributed by atoms with van der Waals surface area (Å²) >= 11 is 0. The number of amides is 2. The number of hydrogen-bond donors (Lipinski definition) is 1. The van der Waals surface area contributed by atoms with Crippen LogP contribution in [0.3, 0.4) is 0 Å². The SMILES string of the molecule is CN1CCNC(C(=O)N2CCN(C=O)CC2)C1. The second-order valence-corrected chi connectivity index (χ2v) is 4.74.